The molecule has 1 heterocycles. The van der Waals surface area contributed by atoms with Crippen LogP contribution in [0.3, 0.4) is 0 Å². The first-order valence-corrected chi connectivity index (χ1v) is 6.85. The van der Waals surface area contributed by atoms with Crippen molar-refractivity contribution in [1.29, 1.82) is 0 Å². The molecule has 0 saturated carbocycles. The zero-order valence-electron chi connectivity index (χ0n) is 9.79. The number of ether oxygens (including phenoxy) is 1. The van der Waals surface area contributed by atoms with Gasteiger partial charge in [0.1, 0.15) is 0 Å². The lowest BCUT2D eigenvalue weighted by molar-refractivity contribution is 0.0786. The van der Waals surface area contributed by atoms with Crippen molar-refractivity contribution in [2.24, 2.45) is 0 Å². The third-order valence-corrected chi connectivity index (χ3v) is 3.76. The van der Waals surface area contributed by atoms with E-state index in [-0.39, 0.29) is 0 Å². The minimum atomic E-state index is -0.538. The second kappa shape index (κ2) is 6.74. The maximum atomic E-state index is 9.51. The summed E-state index contributed by atoms with van der Waals surface area (Å²) in [6.07, 6.45) is 2.27. The molecular formula is C11H23NO2S. The van der Waals surface area contributed by atoms with Crippen LogP contribution in [-0.2, 0) is 4.74 Å². The maximum Gasteiger partial charge on any atom is 0.0681 e. The molecule has 2 N–H and O–H groups in total. The van der Waals surface area contributed by atoms with Crippen LogP contribution in [0.2, 0.25) is 0 Å². The van der Waals surface area contributed by atoms with Crippen molar-refractivity contribution < 1.29 is 9.84 Å². The number of aliphatic hydroxyl groups is 1. The Hall–Kier alpha value is 0.230. The Morgan fingerprint density at radius 1 is 1.40 bits per heavy atom. The predicted molar refractivity (Wildman–Crippen MR) is 65.5 cm³/mol. The van der Waals surface area contributed by atoms with Crippen LogP contribution < -0.4 is 5.32 Å². The second-order valence-electron chi connectivity index (χ2n) is 4.71. The van der Waals surface area contributed by atoms with Gasteiger partial charge in [-0.25, -0.2) is 0 Å². The van der Waals surface area contributed by atoms with E-state index in [1.54, 1.807) is 11.8 Å². The lowest BCUT2D eigenvalue weighted by atomic mass is 10.1. The third kappa shape index (κ3) is 7.17. The number of rotatable bonds is 6. The van der Waals surface area contributed by atoms with Crippen LogP contribution in [0.5, 0.6) is 0 Å². The summed E-state index contributed by atoms with van der Waals surface area (Å²) in [5.41, 5.74) is -0.538. The van der Waals surface area contributed by atoms with Crippen molar-refractivity contribution in [2.75, 3.05) is 31.3 Å². The molecule has 0 aliphatic carbocycles. The average molecular weight is 233 g/mol. The minimum absolute atomic E-state index is 0.538. The fourth-order valence-electron chi connectivity index (χ4n) is 1.56. The summed E-state index contributed by atoms with van der Waals surface area (Å²) in [5.74, 6) is 1.88. The van der Waals surface area contributed by atoms with Gasteiger partial charge >= 0.3 is 0 Å². The van der Waals surface area contributed by atoms with Crippen LogP contribution in [0.4, 0.5) is 0 Å². The van der Waals surface area contributed by atoms with Gasteiger partial charge in [0.2, 0.25) is 0 Å². The Morgan fingerprint density at radius 2 is 2.07 bits per heavy atom. The van der Waals surface area contributed by atoms with Gasteiger partial charge in [-0.1, -0.05) is 0 Å². The summed E-state index contributed by atoms with van der Waals surface area (Å²) in [6, 6.07) is 0.640. The molecule has 0 amide bonds. The molecule has 1 saturated heterocycles. The highest BCUT2D eigenvalue weighted by molar-refractivity contribution is 7.99. The minimum Gasteiger partial charge on any atom is -0.390 e. The standard InChI is InChI=1S/C11H23NO2S/c1-11(2,13)9-15-8-5-12-10-3-6-14-7-4-10/h10,12-13H,3-9H2,1-2H3. The van der Waals surface area contributed by atoms with Gasteiger partial charge < -0.3 is 15.2 Å². The highest BCUT2D eigenvalue weighted by atomic mass is 32.2. The van der Waals surface area contributed by atoms with Crippen LogP contribution in [-0.4, -0.2) is 48.0 Å². The average Bonchev–Trinajstić information content (AvgIpc) is 2.17. The van der Waals surface area contributed by atoms with Crippen molar-refractivity contribution in [3.8, 4) is 0 Å². The molecule has 0 unspecified atom stereocenters. The van der Waals surface area contributed by atoms with Crippen LogP contribution in [0.1, 0.15) is 26.7 Å². The second-order valence-corrected chi connectivity index (χ2v) is 5.81. The van der Waals surface area contributed by atoms with E-state index in [9.17, 15) is 5.11 Å². The van der Waals surface area contributed by atoms with E-state index in [1.807, 2.05) is 13.8 Å². The van der Waals surface area contributed by atoms with Crippen molar-refractivity contribution >= 4 is 11.8 Å². The molecule has 1 aliphatic heterocycles. The first-order valence-electron chi connectivity index (χ1n) is 5.69. The Kier molecular flexibility index (Phi) is 5.97. The van der Waals surface area contributed by atoms with Crippen LogP contribution in [0, 0.1) is 0 Å². The molecular weight excluding hydrogens is 210 g/mol. The van der Waals surface area contributed by atoms with E-state index in [1.165, 1.54) is 0 Å². The third-order valence-electron chi connectivity index (χ3n) is 2.36. The highest BCUT2D eigenvalue weighted by Crippen LogP contribution is 2.11. The molecule has 0 aromatic carbocycles. The van der Waals surface area contributed by atoms with E-state index >= 15 is 0 Å². The van der Waals surface area contributed by atoms with Gasteiger partial charge in [-0.05, 0) is 26.7 Å². The van der Waals surface area contributed by atoms with E-state index in [0.717, 1.165) is 44.1 Å². The molecule has 0 bridgehead atoms. The molecule has 0 aromatic heterocycles. The molecule has 0 spiro atoms. The van der Waals surface area contributed by atoms with Crippen molar-refractivity contribution in [1.82, 2.24) is 5.32 Å². The zero-order valence-corrected chi connectivity index (χ0v) is 10.6. The SMILES string of the molecule is CC(C)(O)CSCCNC1CCOCC1. The molecule has 1 fully saturated rings. The van der Waals surface area contributed by atoms with Crippen LogP contribution in [0.25, 0.3) is 0 Å². The molecule has 1 aliphatic rings. The molecule has 0 radical (unpaired) electrons. The molecule has 1 rings (SSSR count). The van der Waals surface area contributed by atoms with E-state index < -0.39 is 5.60 Å². The van der Waals surface area contributed by atoms with Crippen molar-refractivity contribution in [3.63, 3.8) is 0 Å². The number of hydrogen-bond acceptors (Lipinski definition) is 4. The van der Waals surface area contributed by atoms with E-state index in [2.05, 4.69) is 5.32 Å². The smallest absolute Gasteiger partial charge is 0.0681 e. The Bertz CT molecular complexity index is 164. The molecule has 90 valence electrons. The van der Waals surface area contributed by atoms with Gasteiger partial charge in [0.25, 0.3) is 0 Å². The van der Waals surface area contributed by atoms with Crippen molar-refractivity contribution in [3.05, 3.63) is 0 Å². The summed E-state index contributed by atoms with van der Waals surface area (Å²) in [5, 5.41) is 13.0. The monoisotopic (exact) mass is 233 g/mol. The molecule has 4 heteroatoms. The van der Waals surface area contributed by atoms with E-state index in [0.29, 0.717) is 6.04 Å². The topological polar surface area (TPSA) is 41.5 Å². The molecule has 15 heavy (non-hydrogen) atoms. The Morgan fingerprint density at radius 3 is 2.67 bits per heavy atom. The first kappa shape index (κ1) is 13.3. The van der Waals surface area contributed by atoms with Gasteiger partial charge in [-0.3, -0.25) is 0 Å². The highest BCUT2D eigenvalue weighted by Gasteiger charge is 2.13. The van der Waals surface area contributed by atoms with Crippen molar-refractivity contribution in [2.45, 2.75) is 38.3 Å². The quantitative estimate of drug-likeness (QED) is 0.678. The lowest BCUT2D eigenvalue weighted by Gasteiger charge is -2.23. The van der Waals surface area contributed by atoms with Gasteiger partial charge in [0, 0.05) is 37.3 Å². The number of thioether (sulfide) groups is 1. The zero-order chi connectivity index (χ0) is 11.1. The summed E-state index contributed by atoms with van der Waals surface area (Å²) < 4.78 is 5.29. The van der Waals surface area contributed by atoms with Crippen LogP contribution >= 0.6 is 11.8 Å². The summed E-state index contributed by atoms with van der Waals surface area (Å²) in [7, 11) is 0. The van der Waals surface area contributed by atoms with Gasteiger partial charge in [0.05, 0.1) is 5.60 Å². The summed E-state index contributed by atoms with van der Waals surface area (Å²) in [6.45, 7) is 6.53. The Labute approximate surface area is 97.0 Å². The summed E-state index contributed by atoms with van der Waals surface area (Å²) >= 11 is 1.81. The number of nitrogens with one attached hydrogen (secondary N) is 1. The lowest BCUT2D eigenvalue weighted by Crippen LogP contribution is -2.36. The largest absolute Gasteiger partial charge is 0.390 e. The van der Waals surface area contributed by atoms with Gasteiger partial charge in [-0.2, -0.15) is 11.8 Å². The van der Waals surface area contributed by atoms with Gasteiger partial charge in [-0.15, -0.1) is 0 Å². The fourth-order valence-corrected chi connectivity index (χ4v) is 2.46. The van der Waals surface area contributed by atoms with E-state index in [4.69, 9.17) is 4.74 Å². The summed E-state index contributed by atoms with van der Waals surface area (Å²) in [4.78, 5) is 0. The Balaban J connectivity index is 1.92. The molecule has 0 atom stereocenters. The predicted octanol–water partition coefficient (Wildman–Crippen LogP) is 1.26. The first-order chi connectivity index (χ1) is 7.08. The normalized spacial score (nSPS) is 19.4. The fraction of sp³-hybridized carbons (Fsp3) is 1.00. The maximum absolute atomic E-state index is 9.51. The van der Waals surface area contributed by atoms with Crippen LogP contribution in [0.15, 0.2) is 0 Å². The molecule has 0 aromatic rings. The molecule has 3 nitrogen and oxygen atoms in total. The number of hydrogen-bond donors (Lipinski definition) is 2. The van der Waals surface area contributed by atoms with Gasteiger partial charge in [0.15, 0.2) is 0 Å².